The summed E-state index contributed by atoms with van der Waals surface area (Å²) in [5, 5.41) is 0. The van der Waals surface area contributed by atoms with Crippen LogP contribution in [0.4, 0.5) is 4.79 Å². The first-order valence-electron chi connectivity index (χ1n) is 6.31. The number of esters is 1. The summed E-state index contributed by atoms with van der Waals surface area (Å²) in [5.41, 5.74) is 0. The van der Waals surface area contributed by atoms with Crippen molar-refractivity contribution in [1.82, 2.24) is 4.90 Å². The van der Waals surface area contributed by atoms with Crippen molar-refractivity contribution in [3.8, 4) is 0 Å². The molecular weight excluding hydrogens is 234 g/mol. The molecule has 0 atom stereocenters. The fraction of sp³-hybridized carbons (Fsp3) is 0.692. The molecule has 0 unspecified atom stereocenters. The van der Waals surface area contributed by atoms with Crippen LogP contribution in [0, 0.1) is 0 Å². The molecule has 0 rings (SSSR count). The second-order valence-electron chi connectivity index (χ2n) is 3.70. The average molecular weight is 257 g/mol. The molecule has 0 heterocycles. The van der Waals surface area contributed by atoms with Crippen molar-refractivity contribution in [3.63, 3.8) is 0 Å². The van der Waals surface area contributed by atoms with Crippen LogP contribution in [0.2, 0.25) is 0 Å². The lowest BCUT2D eigenvalue weighted by Gasteiger charge is -2.17. The quantitative estimate of drug-likeness (QED) is 0.380. The SMILES string of the molecule is CCN(CC)C(=O)OCCC/C=C/COC(C)=O. The van der Waals surface area contributed by atoms with Gasteiger partial charge in [0.1, 0.15) is 6.61 Å². The normalized spacial score (nSPS) is 10.4. The van der Waals surface area contributed by atoms with Crippen molar-refractivity contribution in [2.45, 2.75) is 33.6 Å². The van der Waals surface area contributed by atoms with Crippen molar-refractivity contribution >= 4 is 12.1 Å². The van der Waals surface area contributed by atoms with Crippen LogP contribution < -0.4 is 0 Å². The van der Waals surface area contributed by atoms with Crippen LogP contribution in [0.3, 0.4) is 0 Å². The fourth-order valence-corrected chi connectivity index (χ4v) is 1.29. The van der Waals surface area contributed by atoms with E-state index in [0.29, 0.717) is 26.3 Å². The molecule has 0 aromatic carbocycles. The van der Waals surface area contributed by atoms with Crippen LogP contribution in [0.25, 0.3) is 0 Å². The van der Waals surface area contributed by atoms with Gasteiger partial charge in [0.05, 0.1) is 6.61 Å². The van der Waals surface area contributed by atoms with E-state index in [1.807, 2.05) is 19.9 Å². The molecule has 0 spiro atoms. The Hall–Kier alpha value is -1.52. The van der Waals surface area contributed by atoms with Crippen molar-refractivity contribution in [2.24, 2.45) is 0 Å². The maximum Gasteiger partial charge on any atom is 0.409 e. The Balaban J connectivity index is 3.50. The minimum Gasteiger partial charge on any atom is -0.462 e. The third-order valence-electron chi connectivity index (χ3n) is 2.31. The molecule has 18 heavy (non-hydrogen) atoms. The molecule has 104 valence electrons. The van der Waals surface area contributed by atoms with E-state index in [0.717, 1.165) is 12.8 Å². The van der Waals surface area contributed by atoms with Crippen LogP contribution in [-0.4, -0.2) is 43.3 Å². The van der Waals surface area contributed by atoms with Crippen LogP contribution in [0.15, 0.2) is 12.2 Å². The molecule has 0 aliphatic heterocycles. The predicted octanol–water partition coefficient (Wildman–Crippen LogP) is 2.36. The summed E-state index contributed by atoms with van der Waals surface area (Å²) in [7, 11) is 0. The first kappa shape index (κ1) is 16.5. The van der Waals surface area contributed by atoms with Gasteiger partial charge in [-0.15, -0.1) is 0 Å². The Morgan fingerprint density at radius 1 is 1.11 bits per heavy atom. The van der Waals surface area contributed by atoms with Gasteiger partial charge in [0, 0.05) is 20.0 Å². The van der Waals surface area contributed by atoms with Gasteiger partial charge < -0.3 is 14.4 Å². The summed E-state index contributed by atoms with van der Waals surface area (Å²) in [6, 6.07) is 0. The Kier molecular flexibility index (Phi) is 9.73. The summed E-state index contributed by atoms with van der Waals surface area (Å²) in [6.45, 7) is 7.25. The highest BCUT2D eigenvalue weighted by Crippen LogP contribution is 1.97. The molecule has 0 aromatic heterocycles. The summed E-state index contributed by atoms with van der Waals surface area (Å²) < 4.78 is 9.83. The number of amides is 1. The Morgan fingerprint density at radius 3 is 2.33 bits per heavy atom. The van der Waals surface area contributed by atoms with Gasteiger partial charge in [-0.3, -0.25) is 4.79 Å². The van der Waals surface area contributed by atoms with E-state index in [1.165, 1.54) is 6.92 Å². The van der Waals surface area contributed by atoms with Gasteiger partial charge in [0.15, 0.2) is 0 Å². The maximum atomic E-state index is 11.4. The van der Waals surface area contributed by atoms with Crippen LogP contribution in [-0.2, 0) is 14.3 Å². The van der Waals surface area contributed by atoms with Gasteiger partial charge in [-0.25, -0.2) is 4.79 Å². The standard InChI is InChI=1S/C13H23NO4/c1-4-14(5-2)13(16)18-11-9-7-6-8-10-17-12(3)15/h6,8H,4-5,7,9-11H2,1-3H3/b8-6+. The smallest absolute Gasteiger partial charge is 0.409 e. The van der Waals surface area contributed by atoms with Gasteiger partial charge >= 0.3 is 12.1 Å². The van der Waals surface area contributed by atoms with Crippen molar-refractivity contribution in [2.75, 3.05) is 26.3 Å². The molecule has 0 saturated heterocycles. The molecule has 1 amide bonds. The highest BCUT2D eigenvalue weighted by molar-refractivity contribution is 5.67. The summed E-state index contributed by atoms with van der Waals surface area (Å²) in [4.78, 5) is 23.5. The van der Waals surface area contributed by atoms with Crippen molar-refractivity contribution < 1.29 is 19.1 Å². The van der Waals surface area contributed by atoms with Gasteiger partial charge in [-0.1, -0.05) is 12.2 Å². The largest absolute Gasteiger partial charge is 0.462 e. The molecule has 0 aliphatic carbocycles. The van der Waals surface area contributed by atoms with Gasteiger partial charge in [-0.05, 0) is 26.7 Å². The van der Waals surface area contributed by atoms with Crippen LogP contribution in [0.1, 0.15) is 33.6 Å². The number of hydrogen-bond donors (Lipinski definition) is 0. The zero-order chi connectivity index (χ0) is 13.8. The maximum absolute atomic E-state index is 11.4. The Bertz CT molecular complexity index is 272. The molecule has 5 nitrogen and oxygen atoms in total. The van der Waals surface area contributed by atoms with E-state index in [-0.39, 0.29) is 12.1 Å². The second kappa shape index (κ2) is 10.6. The zero-order valence-electron chi connectivity index (χ0n) is 11.5. The number of carbonyl (C=O) groups excluding carboxylic acids is 2. The first-order valence-corrected chi connectivity index (χ1v) is 6.31. The van der Waals surface area contributed by atoms with Crippen LogP contribution >= 0.6 is 0 Å². The lowest BCUT2D eigenvalue weighted by atomic mass is 10.3. The van der Waals surface area contributed by atoms with E-state index in [2.05, 4.69) is 0 Å². The summed E-state index contributed by atoms with van der Waals surface area (Å²) in [5.74, 6) is -0.284. The minimum atomic E-state index is -0.284. The molecule has 0 fully saturated rings. The average Bonchev–Trinajstić information content (AvgIpc) is 2.33. The van der Waals surface area contributed by atoms with E-state index >= 15 is 0 Å². The summed E-state index contributed by atoms with van der Waals surface area (Å²) in [6.07, 6.45) is 5.00. The molecule has 0 bridgehead atoms. The minimum absolute atomic E-state index is 0.260. The number of unbranched alkanes of at least 4 members (excludes halogenated alkanes) is 1. The molecule has 5 heteroatoms. The molecule has 0 radical (unpaired) electrons. The highest BCUT2D eigenvalue weighted by atomic mass is 16.6. The molecule has 0 aliphatic rings. The number of nitrogens with zero attached hydrogens (tertiary/aromatic N) is 1. The monoisotopic (exact) mass is 257 g/mol. The fourth-order valence-electron chi connectivity index (χ4n) is 1.29. The number of hydrogen-bond acceptors (Lipinski definition) is 4. The predicted molar refractivity (Wildman–Crippen MR) is 69.3 cm³/mol. The molecule has 0 saturated carbocycles. The van der Waals surface area contributed by atoms with Crippen LogP contribution in [0.5, 0.6) is 0 Å². The zero-order valence-corrected chi connectivity index (χ0v) is 11.5. The van der Waals surface area contributed by atoms with E-state index in [9.17, 15) is 9.59 Å². The Labute approximate surface area is 109 Å². The van der Waals surface area contributed by atoms with E-state index in [1.54, 1.807) is 11.0 Å². The molecule has 0 N–H and O–H groups in total. The number of rotatable bonds is 8. The van der Waals surface area contributed by atoms with Gasteiger partial charge in [0.2, 0.25) is 0 Å². The lowest BCUT2D eigenvalue weighted by Crippen LogP contribution is -2.31. The van der Waals surface area contributed by atoms with Crippen molar-refractivity contribution in [3.05, 3.63) is 12.2 Å². The highest BCUT2D eigenvalue weighted by Gasteiger charge is 2.09. The third kappa shape index (κ3) is 8.61. The van der Waals surface area contributed by atoms with E-state index < -0.39 is 0 Å². The topological polar surface area (TPSA) is 55.8 Å². The van der Waals surface area contributed by atoms with Gasteiger partial charge in [-0.2, -0.15) is 0 Å². The van der Waals surface area contributed by atoms with Gasteiger partial charge in [0.25, 0.3) is 0 Å². The second-order valence-corrected chi connectivity index (χ2v) is 3.70. The molecule has 0 aromatic rings. The number of ether oxygens (including phenoxy) is 2. The summed E-state index contributed by atoms with van der Waals surface area (Å²) >= 11 is 0. The lowest BCUT2D eigenvalue weighted by molar-refractivity contribution is -0.139. The van der Waals surface area contributed by atoms with Crippen molar-refractivity contribution in [1.29, 1.82) is 0 Å². The molecular formula is C13H23NO4. The third-order valence-corrected chi connectivity index (χ3v) is 2.31. The van der Waals surface area contributed by atoms with E-state index in [4.69, 9.17) is 9.47 Å². The number of allylic oxidation sites excluding steroid dienone is 1. The number of carbonyl (C=O) groups is 2. The first-order chi connectivity index (χ1) is 8.61. The Morgan fingerprint density at radius 2 is 1.78 bits per heavy atom.